The zero-order valence-electron chi connectivity index (χ0n) is 17.2. The first-order valence-electron chi connectivity index (χ1n) is 9.90. The van der Waals surface area contributed by atoms with Crippen LogP contribution in [0.1, 0.15) is 20.3 Å². The van der Waals surface area contributed by atoms with Crippen molar-refractivity contribution in [3.05, 3.63) is 59.6 Å². The molecule has 7 nitrogen and oxygen atoms in total. The molecule has 0 unspecified atom stereocenters. The Morgan fingerprint density at radius 1 is 1.03 bits per heavy atom. The van der Waals surface area contributed by atoms with Crippen LogP contribution < -0.4 is 5.32 Å². The number of carbonyl (C=O) groups is 2. The molecule has 3 aromatic rings. The van der Waals surface area contributed by atoms with Crippen LogP contribution in [0.25, 0.3) is 17.1 Å². The number of nitrogens with one attached hydrogen (secondary N) is 1. The van der Waals surface area contributed by atoms with Gasteiger partial charge in [-0.2, -0.15) is 0 Å². The summed E-state index contributed by atoms with van der Waals surface area (Å²) in [6.45, 7) is 3.79. The Labute approximate surface area is 189 Å². The van der Waals surface area contributed by atoms with Crippen molar-refractivity contribution in [3.63, 3.8) is 0 Å². The highest BCUT2D eigenvalue weighted by atomic mass is 35.5. The van der Waals surface area contributed by atoms with Crippen LogP contribution in [0, 0.1) is 0 Å². The van der Waals surface area contributed by atoms with Crippen LogP contribution in [0.15, 0.2) is 59.8 Å². The SMILES string of the molecule is CC1(C)NC(=O)N(CCCSc2nnc(-c3ccc(Cl)cc3)n2-c2ccccc2)C1=O. The van der Waals surface area contributed by atoms with Crippen LogP contribution in [-0.4, -0.2) is 49.4 Å². The van der Waals surface area contributed by atoms with Gasteiger partial charge in [0, 0.05) is 28.6 Å². The van der Waals surface area contributed by atoms with Crippen LogP contribution in [0.5, 0.6) is 0 Å². The Bertz CT molecular complexity index is 1100. The Hall–Kier alpha value is -2.84. The Morgan fingerprint density at radius 2 is 1.74 bits per heavy atom. The highest BCUT2D eigenvalue weighted by Crippen LogP contribution is 2.29. The average Bonchev–Trinajstić information content (AvgIpc) is 3.25. The van der Waals surface area contributed by atoms with E-state index in [1.165, 1.54) is 16.7 Å². The molecule has 1 aliphatic heterocycles. The molecule has 1 saturated heterocycles. The molecule has 1 fully saturated rings. The van der Waals surface area contributed by atoms with Crippen LogP contribution >= 0.6 is 23.4 Å². The third kappa shape index (κ3) is 4.45. The first-order valence-corrected chi connectivity index (χ1v) is 11.3. The van der Waals surface area contributed by atoms with E-state index < -0.39 is 5.54 Å². The normalized spacial score (nSPS) is 15.4. The number of para-hydroxylation sites is 1. The minimum Gasteiger partial charge on any atom is -0.324 e. The van der Waals surface area contributed by atoms with E-state index in [0.29, 0.717) is 23.7 Å². The minimum absolute atomic E-state index is 0.194. The Morgan fingerprint density at radius 3 is 2.39 bits per heavy atom. The van der Waals surface area contributed by atoms with Crippen molar-refractivity contribution in [1.29, 1.82) is 0 Å². The lowest BCUT2D eigenvalue weighted by atomic mass is 10.1. The average molecular weight is 456 g/mol. The molecular formula is C22H22ClN5O2S. The molecule has 2 heterocycles. The molecule has 2 aromatic carbocycles. The predicted molar refractivity (Wildman–Crippen MR) is 121 cm³/mol. The van der Waals surface area contributed by atoms with Gasteiger partial charge in [-0.1, -0.05) is 41.6 Å². The lowest BCUT2D eigenvalue weighted by Gasteiger charge is -2.15. The van der Waals surface area contributed by atoms with Gasteiger partial charge >= 0.3 is 6.03 Å². The van der Waals surface area contributed by atoms with Crippen molar-refractivity contribution in [1.82, 2.24) is 25.0 Å². The molecule has 0 bridgehead atoms. The van der Waals surface area contributed by atoms with Crippen LogP contribution in [0.2, 0.25) is 5.02 Å². The fourth-order valence-corrected chi connectivity index (χ4v) is 4.37. The molecule has 4 rings (SSSR count). The monoisotopic (exact) mass is 455 g/mol. The van der Waals surface area contributed by atoms with Crippen molar-refractivity contribution < 1.29 is 9.59 Å². The van der Waals surface area contributed by atoms with Crippen LogP contribution in [-0.2, 0) is 4.79 Å². The first-order chi connectivity index (χ1) is 14.9. The molecular weight excluding hydrogens is 434 g/mol. The number of imide groups is 1. The molecule has 1 N–H and O–H groups in total. The summed E-state index contributed by atoms with van der Waals surface area (Å²) in [5.41, 5.74) is 1.02. The molecule has 31 heavy (non-hydrogen) atoms. The number of halogens is 1. The molecule has 0 spiro atoms. The second-order valence-electron chi connectivity index (χ2n) is 7.70. The largest absolute Gasteiger partial charge is 0.325 e. The van der Waals surface area contributed by atoms with E-state index in [2.05, 4.69) is 15.5 Å². The fraction of sp³-hybridized carbons (Fsp3) is 0.273. The molecule has 0 atom stereocenters. The van der Waals surface area contributed by atoms with Crippen molar-refractivity contribution >= 4 is 35.3 Å². The van der Waals surface area contributed by atoms with Gasteiger partial charge < -0.3 is 5.32 Å². The van der Waals surface area contributed by atoms with Crippen molar-refractivity contribution in [3.8, 4) is 17.1 Å². The van der Waals surface area contributed by atoms with Crippen LogP contribution in [0.3, 0.4) is 0 Å². The number of benzene rings is 2. The van der Waals surface area contributed by atoms with E-state index in [1.807, 2.05) is 59.2 Å². The van der Waals surface area contributed by atoms with Gasteiger partial charge in [-0.3, -0.25) is 14.3 Å². The first kappa shape index (κ1) is 21.4. The maximum absolute atomic E-state index is 12.3. The smallest absolute Gasteiger partial charge is 0.324 e. The molecule has 3 amide bonds. The zero-order chi connectivity index (χ0) is 22.0. The van der Waals surface area contributed by atoms with E-state index >= 15 is 0 Å². The maximum Gasteiger partial charge on any atom is 0.325 e. The molecule has 1 aliphatic rings. The van der Waals surface area contributed by atoms with Gasteiger partial charge in [-0.05, 0) is 56.7 Å². The molecule has 0 saturated carbocycles. The topological polar surface area (TPSA) is 80.1 Å². The van der Waals surface area contributed by atoms with Gasteiger partial charge in [0.05, 0.1) is 0 Å². The Kier molecular flexibility index (Phi) is 6.02. The third-order valence-electron chi connectivity index (χ3n) is 4.95. The van der Waals surface area contributed by atoms with Crippen molar-refractivity contribution in [2.24, 2.45) is 0 Å². The summed E-state index contributed by atoms with van der Waals surface area (Å²) in [7, 11) is 0. The van der Waals surface area contributed by atoms with Crippen molar-refractivity contribution in [2.75, 3.05) is 12.3 Å². The van der Waals surface area contributed by atoms with Gasteiger partial charge in [0.25, 0.3) is 5.91 Å². The lowest BCUT2D eigenvalue weighted by molar-refractivity contribution is -0.130. The number of rotatable bonds is 7. The van der Waals surface area contributed by atoms with Gasteiger partial charge in [0.1, 0.15) is 5.54 Å². The van der Waals surface area contributed by atoms with E-state index in [0.717, 1.165) is 22.2 Å². The summed E-state index contributed by atoms with van der Waals surface area (Å²) in [5.74, 6) is 1.21. The number of hydrogen-bond donors (Lipinski definition) is 1. The van der Waals surface area contributed by atoms with E-state index in [4.69, 9.17) is 11.6 Å². The van der Waals surface area contributed by atoms with Gasteiger partial charge in [-0.25, -0.2) is 4.79 Å². The zero-order valence-corrected chi connectivity index (χ0v) is 18.8. The van der Waals surface area contributed by atoms with Crippen molar-refractivity contribution in [2.45, 2.75) is 31.0 Å². The molecule has 1 aromatic heterocycles. The van der Waals surface area contributed by atoms with E-state index in [9.17, 15) is 9.59 Å². The Balaban J connectivity index is 1.50. The second-order valence-corrected chi connectivity index (χ2v) is 9.20. The number of aromatic nitrogens is 3. The van der Waals surface area contributed by atoms with E-state index in [1.54, 1.807) is 13.8 Å². The quantitative estimate of drug-likeness (QED) is 0.324. The standard InChI is InChI=1S/C22H22ClN5O2S/c1-22(2)19(29)27(20(30)24-22)13-6-14-31-21-26-25-18(15-9-11-16(23)12-10-15)28(21)17-7-4-3-5-8-17/h3-5,7-12H,6,13-14H2,1-2H3,(H,24,30). The fourth-order valence-electron chi connectivity index (χ4n) is 3.37. The molecule has 9 heteroatoms. The molecule has 160 valence electrons. The number of nitrogens with zero attached hydrogens (tertiary/aromatic N) is 4. The predicted octanol–water partition coefficient (Wildman–Crippen LogP) is 4.40. The molecule has 0 aliphatic carbocycles. The number of urea groups is 1. The summed E-state index contributed by atoms with van der Waals surface area (Å²) < 4.78 is 2.00. The summed E-state index contributed by atoms with van der Waals surface area (Å²) in [6, 6.07) is 17.0. The lowest BCUT2D eigenvalue weighted by Crippen LogP contribution is -2.40. The number of hydrogen-bond acceptors (Lipinski definition) is 5. The summed E-state index contributed by atoms with van der Waals surface area (Å²) in [4.78, 5) is 25.6. The number of carbonyl (C=O) groups excluding carboxylic acids is 2. The third-order valence-corrected chi connectivity index (χ3v) is 6.22. The highest BCUT2D eigenvalue weighted by Gasteiger charge is 2.43. The number of thioether (sulfide) groups is 1. The minimum atomic E-state index is -0.842. The van der Waals surface area contributed by atoms with E-state index in [-0.39, 0.29) is 11.9 Å². The maximum atomic E-state index is 12.3. The summed E-state index contributed by atoms with van der Waals surface area (Å²) in [5, 5.41) is 12.9. The summed E-state index contributed by atoms with van der Waals surface area (Å²) >= 11 is 7.57. The summed E-state index contributed by atoms with van der Waals surface area (Å²) in [6.07, 6.45) is 0.651. The van der Waals surface area contributed by atoms with Gasteiger partial charge in [-0.15, -0.1) is 10.2 Å². The highest BCUT2D eigenvalue weighted by molar-refractivity contribution is 7.99. The number of amides is 3. The second kappa shape index (κ2) is 8.72. The van der Waals surface area contributed by atoms with Crippen LogP contribution in [0.4, 0.5) is 4.79 Å². The van der Waals surface area contributed by atoms with Gasteiger partial charge in [0.2, 0.25) is 0 Å². The van der Waals surface area contributed by atoms with Gasteiger partial charge in [0.15, 0.2) is 11.0 Å². The molecule has 0 radical (unpaired) electrons.